The Morgan fingerprint density at radius 3 is 2.56 bits per heavy atom. The van der Waals surface area contributed by atoms with Gasteiger partial charge < -0.3 is 15.5 Å². The second kappa shape index (κ2) is 5.57. The molecule has 1 heterocycles. The predicted molar refractivity (Wildman–Crippen MR) is 74.4 cm³/mol. The summed E-state index contributed by atoms with van der Waals surface area (Å²) >= 11 is 0. The molecule has 1 fully saturated rings. The minimum absolute atomic E-state index is 0.261. The number of anilines is 2. The molecular weight excluding hydrogens is 229 g/mol. The predicted octanol–water partition coefficient (Wildman–Crippen LogP) is 2.33. The van der Waals surface area contributed by atoms with Crippen molar-refractivity contribution in [3.8, 4) is 0 Å². The van der Waals surface area contributed by atoms with Crippen LogP contribution in [0.5, 0.6) is 0 Å². The van der Waals surface area contributed by atoms with E-state index in [-0.39, 0.29) is 5.82 Å². The number of benzene rings is 1. The number of nitrogens with zero attached hydrogens (tertiary/aromatic N) is 2. The van der Waals surface area contributed by atoms with E-state index in [0.717, 1.165) is 38.2 Å². The minimum Gasteiger partial charge on any atom is -0.399 e. The quantitative estimate of drug-likeness (QED) is 0.837. The molecule has 0 spiro atoms. The molecular formula is C14H22FN3. The van der Waals surface area contributed by atoms with Crippen molar-refractivity contribution >= 4 is 11.4 Å². The molecule has 3 nitrogen and oxygen atoms in total. The molecule has 1 saturated heterocycles. The smallest absolute Gasteiger partial charge is 0.127 e. The molecule has 1 aromatic rings. The van der Waals surface area contributed by atoms with Crippen LogP contribution >= 0.6 is 0 Å². The SMILES string of the molecule is CCN1CCC(N(C)c2cc(N)cc(F)c2)CC1. The summed E-state index contributed by atoms with van der Waals surface area (Å²) in [6.45, 7) is 5.55. The van der Waals surface area contributed by atoms with Gasteiger partial charge in [-0.2, -0.15) is 0 Å². The summed E-state index contributed by atoms with van der Waals surface area (Å²) in [5.41, 5.74) is 7.06. The van der Waals surface area contributed by atoms with E-state index in [9.17, 15) is 4.39 Å². The third-order valence-electron chi connectivity index (χ3n) is 3.86. The van der Waals surface area contributed by atoms with Crippen molar-refractivity contribution in [2.75, 3.05) is 37.3 Å². The van der Waals surface area contributed by atoms with Crippen LogP contribution in [-0.4, -0.2) is 37.6 Å². The fraction of sp³-hybridized carbons (Fsp3) is 0.571. The van der Waals surface area contributed by atoms with Crippen LogP contribution in [0.1, 0.15) is 19.8 Å². The van der Waals surface area contributed by atoms with E-state index in [4.69, 9.17) is 5.73 Å². The maximum atomic E-state index is 13.4. The molecule has 0 aromatic heterocycles. The Kier molecular flexibility index (Phi) is 4.07. The van der Waals surface area contributed by atoms with Gasteiger partial charge in [0.25, 0.3) is 0 Å². The average molecular weight is 251 g/mol. The van der Waals surface area contributed by atoms with Gasteiger partial charge in [0.05, 0.1) is 0 Å². The van der Waals surface area contributed by atoms with E-state index < -0.39 is 0 Å². The molecule has 0 unspecified atom stereocenters. The maximum Gasteiger partial charge on any atom is 0.127 e. The molecule has 0 bridgehead atoms. The van der Waals surface area contributed by atoms with E-state index in [2.05, 4.69) is 16.7 Å². The van der Waals surface area contributed by atoms with Gasteiger partial charge in [0, 0.05) is 37.6 Å². The Labute approximate surface area is 108 Å². The summed E-state index contributed by atoms with van der Waals surface area (Å²) in [5.74, 6) is -0.261. The summed E-state index contributed by atoms with van der Waals surface area (Å²) in [5, 5.41) is 0. The van der Waals surface area contributed by atoms with Gasteiger partial charge in [0.1, 0.15) is 5.82 Å². The summed E-state index contributed by atoms with van der Waals surface area (Å²) in [6, 6.07) is 5.24. The largest absolute Gasteiger partial charge is 0.399 e. The second-order valence-corrected chi connectivity index (χ2v) is 5.02. The van der Waals surface area contributed by atoms with E-state index in [0.29, 0.717) is 11.7 Å². The lowest BCUT2D eigenvalue weighted by Gasteiger charge is -2.37. The summed E-state index contributed by atoms with van der Waals surface area (Å²) in [6.07, 6.45) is 2.25. The van der Waals surface area contributed by atoms with Crippen LogP contribution < -0.4 is 10.6 Å². The van der Waals surface area contributed by atoms with E-state index >= 15 is 0 Å². The lowest BCUT2D eigenvalue weighted by atomic mass is 10.0. The highest BCUT2D eigenvalue weighted by atomic mass is 19.1. The molecule has 0 atom stereocenters. The van der Waals surface area contributed by atoms with Crippen LogP contribution in [0.2, 0.25) is 0 Å². The number of nitrogens with two attached hydrogens (primary N) is 1. The van der Waals surface area contributed by atoms with Crippen molar-refractivity contribution in [2.24, 2.45) is 0 Å². The fourth-order valence-corrected chi connectivity index (χ4v) is 2.63. The molecule has 0 aliphatic carbocycles. The Bertz CT molecular complexity index is 380. The Balaban J connectivity index is 2.05. The number of hydrogen-bond donors (Lipinski definition) is 1. The van der Waals surface area contributed by atoms with Crippen molar-refractivity contribution in [2.45, 2.75) is 25.8 Å². The van der Waals surface area contributed by atoms with Gasteiger partial charge in [0.2, 0.25) is 0 Å². The minimum atomic E-state index is -0.261. The first-order chi connectivity index (χ1) is 8.60. The Morgan fingerprint density at radius 1 is 1.33 bits per heavy atom. The monoisotopic (exact) mass is 251 g/mol. The van der Waals surface area contributed by atoms with Gasteiger partial charge in [-0.25, -0.2) is 4.39 Å². The lowest BCUT2D eigenvalue weighted by Crippen LogP contribution is -2.43. The van der Waals surface area contributed by atoms with Crippen LogP contribution in [-0.2, 0) is 0 Å². The van der Waals surface area contributed by atoms with Crippen molar-refractivity contribution in [1.29, 1.82) is 0 Å². The summed E-state index contributed by atoms with van der Waals surface area (Å²) in [4.78, 5) is 4.61. The zero-order valence-corrected chi connectivity index (χ0v) is 11.2. The molecule has 2 rings (SSSR count). The third kappa shape index (κ3) is 2.93. The number of rotatable bonds is 3. The standard InChI is InChI=1S/C14H22FN3/c1-3-18-6-4-13(5-7-18)17(2)14-9-11(15)8-12(16)10-14/h8-10,13H,3-7,16H2,1-2H3. The Hall–Kier alpha value is -1.29. The van der Waals surface area contributed by atoms with Gasteiger partial charge in [-0.3, -0.25) is 0 Å². The first-order valence-electron chi connectivity index (χ1n) is 6.61. The first kappa shape index (κ1) is 13.1. The van der Waals surface area contributed by atoms with E-state index in [1.165, 1.54) is 6.07 Å². The molecule has 4 heteroatoms. The highest BCUT2D eigenvalue weighted by molar-refractivity contribution is 5.56. The third-order valence-corrected chi connectivity index (χ3v) is 3.86. The van der Waals surface area contributed by atoms with Gasteiger partial charge in [-0.1, -0.05) is 6.92 Å². The van der Waals surface area contributed by atoms with Gasteiger partial charge >= 0.3 is 0 Å². The highest BCUT2D eigenvalue weighted by Crippen LogP contribution is 2.24. The van der Waals surface area contributed by atoms with Crippen LogP contribution in [0.4, 0.5) is 15.8 Å². The molecule has 100 valence electrons. The average Bonchev–Trinajstić information content (AvgIpc) is 2.37. The normalized spacial score (nSPS) is 17.9. The fourth-order valence-electron chi connectivity index (χ4n) is 2.63. The number of hydrogen-bond acceptors (Lipinski definition) is 3. The summed E-state index contributed by atoms with van der Waals surface area (Å²) in [7, 11) is 2.03. The Morgan fingerprint density at radius 2 is 2.00 bits per heavy atom. The van der Waals surface area contributed by atoms with Gasteiger partial charge in [-0.15, -0.1) is 0 Å². The number of piperidine rings is 1. The molecule has 2 N–H and O–H groups in total. The topological polar surface area (TPSA) is 32.5 Å². The molecule has 1 aliphatic heterocycles. The number of nitrogen functional groups attached to an aromatic ring is 1. The van der Waals surface area contributed by atoms with Crippen LogP contribution in [0.25, 0.3) is 0 Å². The zero-order valence-electron chi connectivity index (χ0n) is 11.2. The van der Waals surface area contributed by atoms with Crippen molar-refractivity contribution in [1.82, 2.24) is 4.90 Å². The van der Waals surface area contributed by atoms with Crippen LogP contribution in [0.15, 0.2) is 18.2 Å². The number of halogens is 1. The second-order valence-electron chi connectivity index (χ2n) is 5.02. The molecule has 1 aliphatic rings. The van der Waals surface area contributed by atoms with Crippen molar-refractivity contribution < 1.29 is 4.39 Å². The van der Waals surface area contributed by atoms with E-state index in [1.54, 1.807) is 6.07 Å². The maximum absolute atomic E-state index is 13.4. The zero-order chi connectivity index (χ0) is 13.1. The molecule has 0 radical (unpaired) electrons. The highest BCUT2D eigenvalue weighted by Gasteiger charge is 2.22. The number of likely N-dealkylation sites (tertiary alicyclic amines) is 1. The van der Waals surface area contributed by atoms with Crippen molar-refractivity contribution in [3.63, 3.8) is 0 Å². The lowest BCUT2D eigenvalue weighted by molar-refractivity contribution is 0.221. The summed E-state index contributed by atoms with van der Waals surface area (Å²) < 4.78 is 13.4. The van der Waals surface area contributed by atoms with Gasteiger partial charge in [0.15, 0.2) is 0 Å². The molecule has 0 saturated carbocycles. The van der Waals surface area contributed by atoms with Crippen LogP contribution in [0, 0.1) is 5.82 Å². The van der Waals surface area contributed by atoms with E-state index in [1.807, 2.05) is 13.1 Å². The molecule has 18 heavy (non-hydrogen) atoms. The first-order valence-corrected chi connectivity index (χ1v) is 6.61. The van der Waals surface area contributed by atoms with Crippen molar-refractivity contribution in [3.05, 3.63) is 24.0 Å². The van der Waals surface area contributed by atoms with Gasteiger partial charge in [-0.05, 0) is 37.6 Å². The molecule has 1 aromatic carbocycles. The van der Waals surface area contributed by atoms with Crippen LogP contribution in [0.3, 0.4) is 0 Å². The molecule has 0 amide bonds.